The molecule has 4 aliphatic carbocycles. The highest BCUT2D eigenvalue weighted by Gasteiger charge is 2.68. The van der Waals surface area contributed by atoms with Gasteiger partial charge in [-0.15, -0.1) is 13.2 Å². The molecule has 0 radical (unpaired) electrons. The largest absolute Gasteiger partial charge is 0.522 e. The van der Waals surface area contributed by atoms with Gasteiger partial charge in [-0.05, 0) is 48.9 Å². The molecule has 6 rings (SSSR count). The number of pyridine rings is 1. The summed E-state index contributed by atoms with van der Waals surface area (Å²) in [5, 5.41) is 4.53. The molecule has 6 nitrogen and oxygen atoms in total. The van der Waals surface area contributed by atoms with Crippen LogP contribution in [0.15, 0.2) is 30.3 Å². The SMILES string of the molecule is O=C(COC1CC(OC(F)(F)F)C1)CC12CC(NC(=O)c3ccc4cc(Cl)ccc4n3)(C1)C2. The van der Waals surface area contributed by atoms with E-state index in [1.54, 1.807) is 24.3 Å². The van der Waals surface area contributed by atoms with Crippen molar-refractivity contribution in [1.82, 2.24) is 10.3 Å². The third kappa shape index (κ3) is 4.72. The fraction of sp³-hybridized carbons (Fsp3) is 0.522. The molecule has 4 aliphatic rings. The molecule has 176 valence electrons. The Bertz CT molecular complexity index is 1100. The molecule has 1 aromatic carbocycles. The maximum atomic E-state index is 12.7. The van der Waals surface area contributed by atoms with E-state index in [2.05, 4.69) is 15.0 Å². The molecule has 0 spiro atoms. The number of hydrogen-bond donors (Lipinski definition) is 1. The summed E-state index contributed by atoms with van der Waals surface area (Å²) in [6, 6.07) is 8.76. The lowest BCUT2D eigenvalue weighted by Crippen LogP contribution is -2.75. The molecular formula is C23H22ClF3N2O4. The first-order chi connectivity index (χ1) is 15.5. The number of benzene rings is 1. The van der Waals surface area contributed by atoms with Gasteiger partial charge in [-0.3, -0.25) is 14.3 Å². The summed E-state index contributed by atoms with van der Waals surface area (Å²) in [6.07, 6.45) is -3.07. The molecule has 1 aromatic heterocycles. The monoisotopic (exact) mass is 482 g/mol. The predicted molar refractivity (Wildman–Crippen MR) is 113 cm³/mol. The molecule has 10 heteroatoms. The number of halogens is 4. The van der Waals surface area contributed by atoms with Crippen LogP contribution in [0.5, 0.6) is 0 Å². The van der Waals surface area contributed by atoms with Gasteiger partial charge in [0.15, 0.2) is 5.78 Å². The van der Waals surface area contributed by atoms with Crippen LogP contribution in [0.25, 0.3) is 10.9 Å². The summed E-state index contributed by atoms with van der Waals surface area (Å²) in [5.41, 5.74) is 0.629. The Morgan fingerprint density at radius 2 is 1.85 bits per heavy atom. The third-order valence-electron chi connectivity index (χ3n) is 6.81. The number of fused-ring (bicyclic) bond motifs is 1. The standard InChI is InChI=1S/C23H22ClF3N2O4/c24-14-2-4-18-13(5-14)1-3-19(28-18)20(31)29-22-10-21(11-22,12-22)8-15(30)9-32-16-6-17(7-16)33-23(25,26)27/h1-5,16-17H,6-12H2,(H,29,31). The number of amides is 1. The maximum Gasteiger partial charge on any atom is 0.522 e. The van der Waals surface area contributed by atoms with Crippen LogP contribution >= 0.6 is 11.6 Å². The number of ether oxygens (including phenoxy) is 2. The Kier molecular flexibility index (Phi) is 5.42. The molecule has 0 aliphatic heterocycles. The smallest absolute Gasteiger partial charge is 0.370 e. The molecule has 1 amide bonds. The van der Waals surface area contributed by atoms with Gasteiger partial charge in [-0.1, -0.05) is 17.7 Å². The van der Waals surface area contributed by atoms with E-state index in [9.17, 15) is 22.8 Å². The van der Waals surface area contributed by atoms with Crippen molar-refractivity contribution in [3.8, 4) is 0 Å². The lowest BCUT2D eigenvalue weighted by molar-refractivity contribution is -0.357. The zero-order valence-electron chi connectivity index (χ0n) is 17.6. The molecule has 0 atom stereocenters. The van der Waals surface area contributed by atoms with Crippen LogP contribution < -0.4 is 5.32 Å². The Labute approximate surface area is 192 Å². The van der Waals surface area contributed by atoms with Gasteiger partial charge in [0.1, 0.15) is 12.3 Å². The number of ketones is 1. The highest BCUT2D eigenvalue weighted by Crippen LogP contribution is 2.69. The molecule has 33 heavy (non-hydrogen) atoms. The first kappa shape index (κ1) is 22.6. The van der Waals surface area contributed by atoms with Gasteiger partial charge >= 0.3 is 6.36 Å². The summed E-state index contributed by atoms with van der Waals surface area (Å²) in [7, 11) is 0. The topological polar surface area (TPSA) is 77.5 Å². The summed E-state index contributed by atoms with van der Waals surface area (Å²) in [4.78, 5) is 29.4. The summed E-state index contributed by atoms with van der Waals surface area (Å²) < 4.78 is 45.7. The number of alkyl halides is 3. The highest BCUT2D eigenvalue weighted by atomic mass is 35.5. The van der Waals surface area contributed by atoms with Crippen molar-refractivity contribution in [2.75, 3.05) is 6.61 Å². The summed E-state index contributed by atoms with van der Waals surface area (Å²) >= 11 is 5.98. The fourth-order valence-electron chi connectivity index (χ4n) is 5.46. The number of rotatable bonds is 8. The number of carbonyl (C=O) groups is 2. The van der Waals surface area contributed by atoms with E-state index in [4.69, 9.17) is 16.3 Å². The minimum Gasteiger partial charge on any atom is -0.370 e. The van der Waals surface area contributed by atoms with Crippen molar-refractivity contribution in [2.45, 2.75) is 62.6 Å². The predicted octanol–water partition coefficient (Wildman–Crippen LogP) is 4.58. The Morgan fingerprint density at radius 3 is 2.55 bits per heavy atom. The van der Waals surface area contributed by atoms with Gasteiger partial charge in [0, 0.05) is 35.2 Å². The lowest BCUT2D eigenvalue weighted by atomic mass is 9.38. The number of Topliss-reactive ketones (excluding diaryl/α,β-unsaturated/α-hetero) is 1. The van der Waals surface area contributed by atoms with Crippen molar-refractivity contribution in [3.63, 3.8) is 0 Å². The zero-order chi connectivity index (χ0) is 23.4. The fourth-order valence-corrected chi connectivity index (χ4v) is 5.65. The lowest BCUT2D eigenvalue weighted by Gasteiger charge is -2.70. The van der Waals surface area contributed by atoms with E-state index in [0.29, 0.717) is 22.7 Å². The van der Waals surface area contributed by atoms with E-state index in [0.717, 1.165) is 24.6 Å². The molecule has 4 fully saturated rings. The van der Waals surface area contributed by atoms with Gasteiger partial charge < -0.3 is 10.1 Å². The number of hydrogen-bond acceptors (Lipinski definition) is 5. The van der Waals surface area contributed by atoms with E-state index in [1.165, 1.54) is 0 Å². The van der Waals surface area contributed by atoms with Gasteiger partial charge in [0.25, 0.3) is 5.91 Å². The van der Waals surface area contributed by atoms with Crippen molar-refractivity contribution >= 4 is 34.2 Å². The molecule has 1 heterocycles. The second-order valence-electron chi connectivity index (χ2n) is 9.60. The quantitative estimate of drug-likeness (QED) is 0.595. The van der Waals surface area contributed by atoms with Crippen molar-refractivity contribution < 1.29 is 32.2 Å². The van der Waals surface area contributed by atoms with Crippen LogP contribution in [-0.4, -0.2) is 47.4 Å². The summed E-state index contributed by atoms with van der Waals surface area (Å²) in [6.45, 7) is -0.102. The maximum absolute atomic E-state index is 12.7. The Morgan fingerprint density at radius 1 is 1.12 bits per heavy atom. The van der Waals surface area contributed by atoms with Crippen molar-refractivity contribution in [2.24, 2.45) is 5.41 Å². The van der Waals surface area contributed by atoms with Gasteiger partial charge in [0.05, 0.1) is 17.7 Å². The van der Waals surface area contributed by atoms with Crippen LogP contribution in [0.4, 0.5) is 13.2 Å². The van der Waals surface area contributed by atoms with E-state index >= 15 is 0 Å². The minimum atomic E-state index is -4.64. The van der Waals surface area contributed by atoms with Gasteiger partial charge in [-0.2, -0.15) is 0 Å². The molecular weight excluding hydrogens is 461 g/mol. The second-order valence-corrected chi connectivity index (χ2v) is 10.0. The third-order valence-corrected chi connectivity index (χ3v) is 7.04. The van der Waals surface area contributed by atoms with Gasteiger partial charge in [-0.25, -0.2) is 4.98 Å². The van der Waals surface area contributed by atoms with Gasteiger partial charge in [0.2, 0.25) is 0 Å². The Hall–Kier alpha value is -2.23. The van der Waals surface area contributed by atoms with E-state index in [-0.39, 0.29) is 48.2 Å². The number of carbonyl (C=O) groups excluding carboxylic acids is 2. The van der Waals surface area contributed by atoms with Crippen LogP contribution in [0.2, 0.25) is 5.02 Å². The average molecular weight is 483 g/mol. The molecule has 0 saturated heterocycles. The molecule has 2 aromatic rings. The first-order valence-electron chi connectivity index (χ1n) is 10.8. The first-order valence-corrected chi connectivity index (χ1v) is 11.2. The zero-order valence-corrected chi connectivity index (χ0v) is 18.3. The molecule has 2 bridgehead atoms. The van der Waals surface area contributed by atoms with Crippen LogP contribution in [0, 0.1) is 5.41 Å². The highest BCUT2D eigenvalue weighted by molar-refractivity contribution is 6.31. The average Bonchev–Trinajstić information content (AvgIpc) is 2.65. The van der Waals surface area contributed by atoms with E-state index in [1.807, 2.05) is 6.07 Å². The Balaban J connectivity index is 1.05. The van der Waals surface area contributed by atoms with E-state index < -0.39 is 12.5 Å². The van der Waals surface area contributed by atoms with Crippen LogP contribution in [0.3, 0.4) is 0 Å². The second kappa shape index (κ2) is 7.92. The van der Waals surface area contributed by atoms with Crippen LogP contribution in [0.1, 0.15) is 49.0 Å². The normalized spacial score (nSPS) is 30.2. The summed E-state index contributed by atoms with van der Waals surface area (Å²) in [5.74, 6) is -0.305. The minimum absolute atomic E-state index is 0.0651. The van der Waals surface area contributed by atoms with Crippen molar-refractivity contribution in [1.29, 1.82) is 0 Å². The molecule has 4 saturated carbocycles. The van der Waals surface area contributed by atoms with Crippen LogP contribution in [-0.2, 0) is 14.3 Å². The number of aromatic nitrogens is 1. The number of nitrogens with one attached hydrogen (secondary N) is 1. The molecule has 0 unspecified atom stereocenters. The number of nitrogens with zero attached hydrogens (tertiary/aromatic N) is 1. The van der Waals surface area contributed by atoms with Crippen molar-refractivity contribution in [3.05, 3.63) is 41.0 Å². The molecule has 1 N–H and O–H groups in total.